The number of nitrogens with zero attached hydrogens (tertiary/aromatic N) is 2. The first-order valence-corrected chi connectivity index (χ1v) is 6.19. The maximum Gasteiger partial charge on any atom is 0.128 e. The summed E-state index contributed by atoms with van der Waals surface area (Å²) in [5, 5.41) is 4.22. The van der Waals surface area contributed by atoms with Gasteiger partial charge in [-0.3, -0.25) is 0 Å². The predicted octanol–water partition coefficient (Wildman–Crippen LogP) is 2.31. The van der Waals surface area contributed by atoms with E-state index in [1.807, 2.05) is 12.1 Å². The fourth-order valence-electron chi connectivity index (χ4n) is 2.10. The normalized spacial score (nSPS) is 20.8. The van der Waals surface area contributed by atoms with Crippen molar-refractivity contribution in [2.75, 3.05) is 25.0 Å². The molecule has 2 heterocycles. The van der Waals surface area contributed by atoms with E-state index in [4.69, 9.17) is 11.6 Å². The molecule has 88 valence electrons. The molecule has 1 atom stereocenters. The van der Waals surface area contributed by atoms with Crippen LogP contribution in [0, 0.1) is 0 Å². The number of likely N-dealkylation sites (N-methyl/N-ethyl adjacent to an activating group) is 1. The van der Waals surface area contributed by atoms with Gasteiger partial charge in [-0.25, -0.2) is 4.98 Å². The average molecular weight is 240 g/mol. The van der Waals surface area contributed by atoms with E-state index in [1.165, 1.54) is 19.3 Å². The van der Waals surface area contributed by atoms with Crippen LogP contribution in [0.15, 0.2) is 18.3 Å². The van der Waals surface area contributed by atoms with Gasteiger partial charge in [0.1, 0.15) is 5.82 Å². The van der Waals surface area contributed by atoms with Gasteiger partial charge in [-0.15, -0.1) is 0 Å². The Hall–Kier alpha value is -0.800. The molecule has 1 aliphatic heterocycles. The molecular weight excluding hydrogens is 222 g/mol. The van der Waals surface area contributed by atoms with Crippen LogP contribution in [0.4, 0.5) is 5.82 Å². The molecule has 0 spiro atoms. The average Bonchev–Trinajstić information content (AvgIpc) is 2.31. The molecule has 1 saturated heterocycles. The summed E-state index contributed by atoms with van der Waals surface area (Å²) in [5.74, 6) is 0.983. The van der Waals surface area contributed by atoms with Crippen LogP contribution >= 0.6 is 11.6 Å². The van der Waals surface area contributed by atoms with Crippen molar-refractivity contribution in [2.45, 2.75) is 25.3 Å². The number of hydrogen-bond acceptors (Lipinski definition) is 3. The summed E-state index contributed by atoms with van der Waals surface area (Å²) in [6.07, 6.45) is 5.60. The molecule has 3 nitrogen and oxygen atoms in total. The van der Waals surface area contributed by atoms with Gasteiger partial charge in [-0.1, -0.05) is 18.0 Å². The van der Waals surface area contributed by atoms with Crippen molar-refractivity contribution in [3.05, 3.63) is 23.4 Å². The molecule has 0 bridgehead atoms. The molecule has 1 fully saturated rings. The van der Waals surface area contributed by atoms with E-state index in [0.717, 1.165) is 18.9 Å². The summed E-state index contributed by atoms with van der Waals surface area (Å²) in [7, 11) is 2.08. The van der Waals surface area contributed by atoms with Crippen LogP contribution in [0.3, 0.4) is 0 Å². The third kappa shape index (κ3) is 3.09. The minimum absolute atomic E-state index is 0.594. The number of rotatable bonds is 3. The molecule has 0 amide bonds. The predicted molar refractivity (Wildman–Crippen MR) is 68.2 cm³/mol. The second-order valence-corrected chi connectivity index (χ2v) is 4.80. The van der Waals surface area contributed by atoms with Crippen molar-refractivity contribution in [1.29, 1.82) is 0 Å². The van der Waals surface area contributed by atoms with E-state index in [1.54, 1.807) is 6.20 Å². The molecule has 4 heteroatoms. The molecule has 0 saturated carbocycles. The number of halogens is 1. The lowest BCUT2D eigenvalue weighted by Crippen LogP contribution is -2.42. The molecule has 1 aromatic heterocycles. The first-order chi connectivity index (χ1) is 7.75. The van der Waals surface area contributed by atoms with Gasteiger partial charge < -0.3 is 10.2 Å². The van der Waals surface area contributed by atoms with Crippen molar-refractivity contribution in [2.24, 2.45) is 0 Å². The highest BCUT2D eigenvalue weighted by Gasteiger charge is 2.15. The number of nitrogens with one attached hydrogen (secondary N) is 1. The smallest absolute Gasteiger partial charge is 0.128 e. The molecule has 1 aliphatic rings. The second-order valence-electron chi connectivity index (χ2n) is 4.36. The molecule has 16 heavy (non-hydrogen) atoms. The number of hydrogen-bond donors (Lipinski definition) is 1. The lowest BCUT2D eigenvalue weighted by molar-refractivity contribution is 0.403. The van der Waals surface area contributed by atoms with Crippen molar-refractivity contribution in [3.8, 4) is 0 Å². The van der Waals surface area contributed by atoms with E-state index >= 15 is 0 Å². The fraction of sp³-hybridized carbons (Fsp3) is 0.583. The van der Waals surface area contributed by atoms with Gasteiger partial charge in [0.05, 0.1) is 5.02 Å². The minimum Gasteiger partial charge on any atom is -0.358 e. The molecular formula is C12H18ClN3. The number of aromatic nitrogens is 1. The number of piperidine rings is 1. The lowest BCUT2D eigenvalue weighted by atomic mass is 10.0. The Balaban J connectivity index is 1.91. The summed E-state index contributed by atoms with van der Waals surface area (Å²) < 4.78 is 0. The summed E-state index contributed by atoms with van der Waals surface area (Å²) >= 11 is 5.81. The van der Waals surface area contributed by atoms with E-state index in [2.05, 4.69) is 22.2 Å². The van der Waals surface area contributed by atoms with Gasteiger partial charge in [0.2, 0.25) is 0 Å². The molecule has 1 N–H and O–H groups in total. The van der Waals surface area contributed by atoms with Crippen LogP contribution in [-0.2, 0) is 0 Å². The van der Waals surface area contributed by atoms with E-state index in [-0.39, 0.29) is 0 Å². The van der Waals surface area contributed by atoms with E-state index in [0.29, 0.717) is 11.1 Å². The van der Waals surface area contributed by atoms with Gasteiger partial charge in [0.15, 0.2) is 0 Å². The molecule has 0 aromatic carbocycles. The summed E-state index contributed by atoms with van der Waals surface area (Å²) in [6, 6.07) is 4.44. The van der Waals surface area contributed by atoms with E-state index < -0.39 is 0 Å². The first kappa shape index (κ1) is 11.7. The third-order valence-electron chi connectivity index (χ3n) is 3.01. The van der Waals surface area contributed by atoms with Crippen molar-refractivity contribution >= 4 is 17.4 Å². The zero-order chi connectivity index (χ0) is 11.4. The third-order valence-corrected chi connectivity index (χ3v) is 3.23. The lowest BCUT2D eigenvalue weighted by Gasteiger charge is -2.28. The Morgan fingerprint density at radius 1 is 1.50 bits per heavy atom. The summed E-state index contributed by atoms with van der Waals surface area (Å²) in [5.41, 5.74) is 0. The van der Waals surface area contributed by atoms with Crippen LogP contribution in [0.2, 0.25) is 5.02 Å². The van der Waals surface area contributed by atoms with E-state index in [9.17, 15) is 0 Å². The molecule has 2 rings (SSSR count). The van der Waals surface area contributed by atoms with Gasteiger partial charge >= 0.3 is 0 Å². The van der Waals surface area contributed by atoms with Crippen LogP contribution in [0.1, 0.15) is 19.3 Å². The molecule has 0 radical (unpaired) electrons. The first-order valence-electron chi connectivity index (χ1n) is 5.82. The fourth-order valence-corrected chi connectivity index (χ4v) is 2.21. The Bertz CT molecular complexity index is 320. The molecule has 1 unspecified atom stereocenters. The maximum atomic E-state index is 5.81. The molecule has 1 aromatic rings. The highest BCUT2D eigenvalue weighted by molar-refractivity contribution is 6.30. The van der Waals surface area contributed by atoms with Crippen LogP contribution < -0.4 is 10.2 Å². The monoisotopic (exact) mass is 239 g/mol. The Morgan fingerprint density at radius 3 is 3.00 bits per heavy atom. The topological polar surface area (TPSA) is 28.2 Å². The Kier molecular flexibility index (Phi) is 4.02. The van der Waals surface area contributed by atoms with Crippen molar-refractivity contribution < 1.29 is 0 Å². The zero-order valence-electron chi connectivity index (χ0n) is 9.62. The Morgan fingerprint density at radius 2 is 2.38 bits per heavy atom. The second kappa shape index (κ2) is 5.51. The SMILES string of the molecule is CN(CC1CCCCN1)c1ccc(Cl)cn1. The summed E-state index contributed by atoms with van der Waals surface area (Å²) in [6.45, 7) is 2.15. The minimum atomic E-state index is 0.594. The molecule has 0 aliphatic carbocycles. The van der Waals surface area contributed by atoms with Crippen LogP contribution in [0.5, 0.6) is 0 Å². The maximum absolute atomic E-state index is 5.81. The number of pyridine rings is 1. The van der Waals surface area contributed by atoms with Crippen molar-refractivity contribution in [3.63, 3.8) is 0 Å². The van der Waals surface area contributed by atoms with Crippen molar-refractivity contribution in [1.82, 2.24) is 10.3 Å². The highest BCUT2D eigenvalue weighted by Crippen LogP contribution is 2.15. The number of anilines is 1. The standard InChI is InChI=1S/C12H18ClN3/c1-16(9-11-4-2-3-7-14-11)12-6-5-10(13)8-15-12/h5-6,8,11,14H,2-4,7,9H2,1H3. The zero-order valence-corrected chi connectivity index (χ0v) is 10.4. The van der Waals surface area contributed by atoms with Crippen LogP contribution in [0.25, 0.3) is 0 Å². The van der Waals surface area contributed by atoms with Gasteiger partial charge in [0, 0.05) is 25.8 Å². The van der Waals surface area contributed by atoms with Gasteiger partial charge in [-0.05, 0) is 31.5 Å². The van der Waals surface area contributed by atoms with Gasteiger partial charge in [-0.2, -0.15) is 0 Å². The van der Waals surface area contributed by atoms with Crippen LogP contribution in [-0.4, -0.2) is 31.2 Å². The largest absolute Gasteiger partial charge is 0.358 e. The highest BCUT2D eigenvalue weighted by atomic mass is 35.5. The summed E-state index contributed by atoms with van der Waals surface area (Å²) in [4.78, 5) is 6.49. The van der Waals surface area contributed by atoms with Gasteiger partial charge in [0.25, 0.3) is 0 Å². The quantitative estimate of drug-likeness (QED) is 0.878. The Labute approximate surface area is 102 Å².